The van der Waals surface area contributed by atoms with Crippen LogP contribution >= 0.6 is 0 Å². The van der Waals surface area contributed by atoms with E-state index in [-0.39, 0.29) is 12.3 Å². The number of methoxy groups -OCH3 is 1. The number of ether oxygens (including phenoxy) is 2. The third kappa shape index (κ3) is 5.09. The highest BCUT2D eigenvalue weighted by Crippen LogP contribution is 2.53. The van der Waals surface area contributed by atoms with Crippen LogP contribution < -0.4 is 0 Å². The Balaban J connectivity index is 1.96. The van der Waals surface area contributed by atoms with Gasteiger partial charge in [-0.1, -0.05) is 91.0 Å². The molecule has 0 heterocycles. The Morgan fingerprint density at radius 3 is 1.89 bits per heavy atom. The lowest BCUT2D eigenvalue weighted by molar-refractivity contribution is -0.146. The minimum absolute atomic E-state index is 0.176. The predicted octanol–water partition coefficient (Wildman–Crippen LogP) is 6.11. The summed E-state index contributed by atoms with van der Waals surface area (Å²) in [6.45, 7) is 5.74. The van der Waals surface area contributed by atoms with Gasteiger partial charge in [0, 0.05) is 27.7 Å². The second-order valence-electron chi connectivity index (χ2n) is 10.7. The Kier molecular flexibility index (Phi) is 7.74. The number of hydrogen-bond donors (Lipinski definition) is 0. The molecule has 0 aliphatic heterocycles. The van der Waals surface area contributed by atoms with Gasteiger partial charge in [0.15, 0.2) is 5.60 Å². The van der Waals surface area contributed by atoms with Crippen LogP contribution in [0.3, 0.4) is 0 Å². The number of likely N-dealkylation sites (N-methyl/N-ethyl adjacent to an activating group) is 1. The van der Waals surface area contributed by atoms with Gasteiger partial charge in [0.1, 0.15) is 11.6 Å². The summed E-state index contributed by atoms with van der Waals surface area (Å²) >= 11 is 0. The third-order valence-electron chi connectivity index (χ3n) is 6.62. The molecule has 1 aliphatic carbocycles. The summed E-state index contributed by atoms with van der Waals surface area (Å²) < 4.78 is 12.1. The average molecular weight is 513 g/mol. The minimum Gasteiger partial charge on any atom is -0.444 e. The summed E-state index contributed by atoms with van der Waals surface area (Å²) in [5.74, 6) is -0.176. The maximum Gasteiger partial charge on any atom is 0.411 e. The number of amides is 1. The smallest absolute Gasteiger partial charge is 0.411 e. The van der Waals surface area contributed by atoms with Crippen LogP contribution in [0.1, 0.15) is 43.5 Å². The number of carbonyl (C=O) groups is 2. The molecule has 3 aromatic rings. The summed E-state index contributed by atoms with van der Waals surface area (Å²) in [5, 5.41) is 0. The van der Waals surface area contributed by atoms with E-state index in [2.05, 4.69) is 0 Å². The molecule has 0 radical (unpaired) electrons. The molecule has 4 rings (SSSR count). The fourth-order valence-corrected chi connectivity index (χ4v) is 5.14. The second-order valence-corrected chi connectivity index (χ2v) is 10.7. The van der Waals surface area contributed by atoms with Gasteiger partial charge in [0.2, 0.25) is 5.78 Å². The van der Waals surface area contributed by atoms with Crippen molar-refractivity contribution >= 4 is 17.4 Å². The Bertz CT molecular complexity index is 1300. The molecule has 0 bridgehead atoms. The van der Waals surface area contributed by atoms with Crippen molar-refractivity contribution in [2.24, 2.45) is 0 Å². The topological polar surface area (TPSA) is 59.1 Å². The van der Waals surface area contributed by atoms with Crippen LogP contribution in [0.4, 0.5) is 4.79 Å². The highest BCUT2D eigenvalue weighted by atomic mass is 16.6. The fourth-order valence-electron chi connectivity index (χ4n) is 5.14. The van der Waals surface area contributed by atoms with Gasteiger partial charge in [-0.05, 0) is 37.5 Å². The Hall–Kier alpha value is -3.90. The van der Waals surface area contributed by atoms with E-state index in [4.69, 9.17) is 9.47 Å². The average Bonchev–Trinajstić information content (AvgIpc) is 2.89. The van der Waals surface area contributed by atoms with Crippen LogP contribution in [0.15, 0.2) is 96.7 Å². The molecule has 0 aromatic heterocycles. The van der Waals surface area contributed by atoms with Crippen LogP contribution in [-0.4, -0.2) is 54.1 Å². The van der Waals surface area contributed by atoms with Crippen molar-refractivity contribution in [2.45, 2.75) is 44.6 Å². The summed E-state index contributed by atoms with van der Waals surface area (Å²) in [5.41, 5.74) is 1.63. The molecule has 0 N–H and O–H groups in total. The first-order valence-corrected chi connectivity index (χ1v) is 12.8. The van der Waals surface area contributed by atoms with Crippen LogP contribution in [0.5, 0.6) is 0 Å². The van der Waals surface area contributed by atoms with Crippen molar-refractivity contribution in [3.05, 3.63) is 113 Å². The molecule has 0 unspecified atom stereocenters. The Labute approximate surface area is 225 Å². The number of nitrogens with zero attached hydrogens (tertiary/aromatic N) is 2. The normalized spacial score (nSPS) is 18.0. The molecule has 3 aromatic carbocycles. The van der Waals surface area contributed by atoms with E-state index < -0.39 is 23.3 Å². The number of rotatable bonds is 8. The summed E-state index contributed by atoms with van der Waals surface area (Å²) in [7, 11) is 5.33. The van der Waals surface area contributed by atoms with Gasteiger partial charge in [-0.3, -0.25) is 9.69 Å². The van der Waals surface area contributed by atoms with E-state index in [0.717, 1.165) is 16.7 Å². The van der Waals surface area contributed by atoms with Gasteiger partial charge >= 0.3 is 6.09 Å². The summed E-state index contributed by atoms with van der Waals surface area (Å²) in [6.07, 6.45) is -0.523. The Morgan fingerprint density at radius 2 is 1.39 bits per heavy atom. The first-order chi connectivity index (χ1) is 18.1. The quantitative estimate of drug-likeness (QED) is 0.365. The van der Waals surface area contributed by atoms with E-state index in [1.54, 1.807) is 4.90 Å². The van der Waals surface area contributed by atoms with Crippen LogP contribution in [0, 0.1) is 0 Å². The maximum absolute atomic E-state index is 14.3. The van der Waals surface area contributed by atoms with Crippen LogP contribution in [0.2, 0.25) is 0 Å². The van der Waals surface area contributed by atoms with Crippen molar-refractivity contribution in [2.75, 3.05) is 21.2 Å². The molecule has 0 saturated heterocycles. The summed E-state index contributed by atoms with van der Waals surface area (Å²) in [4.78, 5) is 31.8. The van der Waals surface area contributed by atoms with E-state index in [1.165, 1.54) is 7.11 Å². The van der Waals surface area contributed by atoms with E-state index in [0.29, 0.717) is 11.3 Å². The number of benzene rings is 3. The lowest BCUT2D eigenvalue weighted by Crippen LogP contribution is -2.63. The molecule has 38 heavy (non-hydrogen) atoms. The van der Waals surface area contributed by atoms with Gasteiger partial charge in [0.25, 0.3) is 0 Å². The van der Waals surface area contributed by atoms with Gasteiger partial charge < -0.3 is 14.4 Å². The zero-order valence-corrected chi connectivity index (χ0v) is 23.0. The van der Waals surface area contributed by atoms with Crippen molar-refractivity contribution in [1.29, 1.82) is 0 Å². The SMILES string of the molecule is CO[C@]1([C@@H](c2ccccc2)N(Cc2ccccc2)C(=O)OC(C)(C)C)C(=O)C(c2ccccc2)=C1N(C)C. The molecule has 0 fully saturated rings. The molecule has 1 aliphatic rings. The largest absolute Gasteiger partial charge is 0.444 e. The first-order valence-electron chi connectivity index (χ1n) is 12.8. The predicted molar refractivity (Wildman–Crippen MR) is 149 cm³/mol. The Morgan fingerprint density at radius 1 is 0.868 bits per heavy atom. The molecule has 1 amide bonds. The molecular formula is C32H36N2O4. The molecule has 6 heteroatoms. The second kappa shape index (κ2) is 10.8. The lowest BCUT2D eigenvalue weighted by Gasteiger charge is -2.52. The van der Waals surface area contributed by atoms with Gasteiger partial charge in [-0.15, -0.1) is 0 Å². The molecule has 0 saturated carbocycles. The van der Waals surface area contributed by atoms with E-state index in [1.807, 2.05) is 131 Å². The number of ketones is 1. The molecule has 198 valence electrons. The van der Waals surface area contributed by atoms with E-state index >= 15 is 0 Å². The van der Waals surface area contributed by atoms with Crippen LogP contribution in [0.25, 0.3) is 5.57 Å². The van der Waals surface area contributed by atoms with Crippen molar-refractivity contribution in [3.63, 3.8) is 0 Å². The van der Waals surface area contributed by atoms with Gasteiger partial charge in [-0.25, -0.2) is 4.79 Å². The molecule has 2 atom stereocenters. The number of Topliss-reactive ketones (excluding diaryl/α,β-unsaturated/α-hetero) is 1. The standard InChI is InChI=1S/C32H36N2O4/c1-31(2,3)38-30(36)34(22-23-16-10-7-11-17-23)27(25-20-14-9-15-21-25)32(37-6)28(33(4)5)26(29(32)35)24-18-12-8-13-19-24/h7-21,27H,22H2,1-6H3/t27-,32+/m1/s1. The number of carbonyl (C=O) groups excluding carboxylic acids is 2. The van der Waals surface area contributed by atoms with Crippen molar-refractivity contribution < 1.29 is 19.1 Å². The monoisotopic (exact) mass is 512 g/mol. The van der Waals surface area contributed by atoms with Crippen molar-refractivity contribution in [3.8, 4) is 0 Å². The van der Waals surface area contributed by atoms with Crippen molar-refractivity contribution in [1.82, 2.24) is 9.80 Å². The fraction of sp³-hybridized carbons (Fsp3) is 0.312. The molecule has 6 nitrogen and oxygen atoms in total. The molecular weight excluding hydrogens is 476 g/mol. The molecule has 0 spiro atoms. The maximum atomic E-state index is 14.3. The van der Waals surface area contributed by atoms with Gasteiger partial charge in [-0.2, -0.15) is 0 Å². The van der Waals surface area contributed by atoms with E-state index in [9.17, 15) is 9.59 Å². The first kappa shape index (κ1) is 27.1. The van der Waals surface area contributed by atoms with Gasteiger partial charge in [0.05, 0.1) is 11.3 Å². The minimum atomic E-state index is -1.44. The third-order valence-corrected chi connectivity index (χ3v) is 6.62. The highest BCUT2D eigenvalue weighted by Gasteiger charge is 2.63. The highest BCUT2D eigenvalue weighted by molar-refractivity contribution is 6.34. The lowest BCUT2D eigenvalue weighted by atomic mass is 9.66. The zero-order valence-electron chi connectivity index (χ0n) is 23.0. The van der Waals surface area contributed by atoms with Crippen LogP contribution in [-0.2, 0) is 20.8 Å². The summed E-state index contributed by atoms with van der Waals surface area (Å²) in [6, 6.07) is 28.1. The number of hydrogen-bond acceptors (Lipinski definition) is 5. The zero-order chi connectivity index (χ0) is 27.5.